The summed E-state index contributed by atoms with van der Waals surface area (Å²) in [4.78, 5) is 0. The van der Waals surface area contributed by atoms with E-state index in [1.807, 2.05) is 11.7 Å². The van der Waals surface area contributed by atoms with Crippen LogP contribution in [0.2, 0.25) is 0 Å². The van der Waals surface area contributed by atoms with Crippen molar-refractivity contribution >= 4 is 11.4 Å². The highest BCUT2D eigenvalue weighted by atomic mass is 15.3. The maximum atomic E-state index is 6.38. The molecule has 0 fully saturated rings. The van der Waals surface area contributed by atoms with Crippen molar-refractivity contribution in [3.05, 3.63) is 40.7 Å². The molecule has 0 bridgehead atoms. The third-order valence-corrected chi connectivity index (χ3v) is 4.60. The van der Waals surface area contributed by atoms with Gasteiger partial charge >= 0.3 is 0 Å². The largest absolute Gasteiger partial charge is 0.397 e. The van der Waals surface area contributed by atoms with Crippen LogP contribution in [0.5, 0.6) is 0 Å². The molecule has 2 aromatic rings. The van der Waals surface area contributed by atoms with Gasteiger partial charge in [0.2, 0.25) is 0 Å². The fraction of sp³-hybridized carbons (Fsp3) is 0.526. The van der Waals surface area contributed by atoms with E-state index in [1.165, 1.54) is 5.56 Å². The van der Waals surface area contributed by atoms with Gasteiger partial charge in [-0.1, -0.05) is 26.8 Å². The Morgan fingerprint density at radius 3 is 2.46 bits per heavy atom. The number of nitrogens with zero attached hydrogens (tertiary/aromatic N) is 2. The topological polar surface area (TPSA) is 81.9 Å². The Kier molecular flexibility index (Phi) is 5.23. The molecule has 0 unspecified atom stereocenters. The second kappa shape index (κ2) is 6.85. The van der Waals surface area contributed by atoms with Crippen LogP contribution in [0.25, 0.3) is 0 Å². The standard InChI is InChI=1S/C19H31N5/c1-7-22-15-9-8-14(12(2)18(15)21)17(19(3,4)5)16-10-13(11-20)24(6)23-16/h8-10,17,22H,7,11,20-21H2,1-6H3/t17-/m0/s1. The van der Waals surface area contributed by atoms with E-state index in [4.69, 9.17) is 16.6 Å². The van der Waals surface area contributed by atoms with E-state index in [0.717, 1.165) is 34.9 Å². The lowest BCUT2D eigenvalue weighted by atomic mass is 9.73. The van der Waals surface area contributed by atoms with Gasteiger partial charge in [-0.15, -0.1) is 0 Å². The first-order valence-electron chi connectivity index (χ1n) is 8.56. The Hall–Kier alpha value is -2.01. The van der Waals surface area contributed by atoms with Gasteiger partial charge in [0.25, 0.3) is 0 Å². The van der Waals surface area contributed by atoms with Crippen LogP contribution in [0.1, 0.15) is 56.1 Å². The van der Waals surface area contributed by atoms with E-state index in [-0.39, 0.29) is 11.3 Å². The maximum Gasteiger partial charge on any atom is 0.0707 e. The van der Waals surface area contributed by atoms with E-state index < -0.39 is 0 Å². The molecule has 24 heavy (non-hydrogen) atoms. The highest BCUT2D eigenvalue weighted by molar-refractivity contribution is 5.72. The number of nitrogens with one attached hydrogen (secondary N) is 1. The summed E-state index contributed by atoms with van der Waals surface area (Å²) < 4.78 is 1.87. The Morgan fingerprint density at radius 1 is 1.29 bits per heavy atom. The second-order valence-electron chi connectivity index (χ2n) is 7.46. The van der Waals surface area contributed by atoms with E-state index in [0.29, 0.717) is 6.54 Å². The molecule has 5 heteroatoms. The summed E-state index contributed by atoms with van der Waals surface area (Å²) in [7, 11) is 1.95. The van der Waals surface area contributed by atoms with Gasteiger partial charge in [-0.2, -0.15) is 5.10 Å². The van der Waals surface area contributed by atoms with Crippen LogP contribution in [-0.4, -0.2) is 16.3 Å². The van der Waals surface area contributed by atoms with Gasteiger partial charge in [0.15, 0.2) is 0 Å². The first kappa shape index (κ1) is 18.3. The number of hydrogen-bond donors (Lipinski definition) is 3. The predicted molar refractivity (Wildman–Crippen MR) is 102 cm³/mol. The minimum Gasteiger partial charge on any atom is -0.397 e. The van der Waals surface area contributed by atoms with Crippen LogP contribution in [0, 0.1) is 12.3 Å². The molecule has 0 spiro atoms. The molecule has 2 rings (SSSR count). The zero-order valence-corrected chi connectivity index (χ0v) is 15.8. The molecular formula is C19H31N5. The zero-order valence-electron chi connectivity index (χ0n) is 15.8. The zero-order chi connectivity index (χ0) is 18.1. The van der Waals surface area contributed by atoms with Gasteiger partial charge in [-0.3, -0.25) is 4.68 Å². The van der Waals surface area contributed by atoms with Crippen molar-refractivity contribution < 1.29 is 0 Å². The quantitative estimate of drug-likeness (QED) is 0.735. The van der Waals surface area contributed by atoms with Gasteiger partial charge in [0, 0.05) is 26.1 Å². The summed E-state index contributed by atoms with van der Waals surface area (Å²) in [6.07, 6.45) is 0. The Morgan fingerprint density at radius 2 is 1.96 bits per heavy atom. The smallest absolute Gasteiger partial charge is 0.0707 e. The van der Waals surface area contributed by atoms with Crippen LogP contribution in [0.4, 0.5) is 11.4 Å². The summed E-state index contributed by atoms with van der Waals surface area (Å²) in [5.41, 5.74) is 18.5. The van der Waals surface area contributed by atoms with Gasteiger partial charge in [-0.05, 0) is 42.5 Å². The van der Waals surface area contributed by atoms with E-state index in [2.05, 4.69) is 58.1 Å². The van der Waals surface area contributed by atoms with Crippen molar-refractivity contribution in [2.24, 2.45) is 18.2 Å². The minimum atomic E-state index is 0.0110. The number of anilines is 2. The molecular weight excluding hydrogens is 298 g/mol. The third-order valence-electron chi connectivity index (χ3n) is 4.60. The molecule has 0 saturated heterocycles. The number of aromatic nitrogens is 2. The van der Waals surface area contributed by atoms with Crippen LogP contribution >= 0.6 is 0 Å². The molecule has 1 aromatic carbocycles. The molecule has 132 valence electrons. The second-order valence-corrected chi connectivity index (χ2v) is 7.46. The van der Waals surface area contributed by atoms with Crippen molar-refractivity contribution in [2.45, 2.75) is 47.1 Å². The molecule has 0 saturated carbocycles. The maximum absolute atomic E-state index is 6.38. The molecule has 1 heterocycles. The number of benzene rings is 1. The SMILES string of the molecule is CCNc1ccc([C@@H](c2cc(CN)n(C)n2)C(C)(C)C)c(C)c1N. The number of hydrogen-bond acceptors (Lipinski definition) is 4. The molecule has 0 aliphatic rings. The van der Waals surface area contributed by atoms with Crippen LogP contribution < -0.4 is 16.8 Å². The fourth-order valence-electron chi connectivity index (χ4n) is 3.33. The summed E-state index contributed by atoms with van der Waals surface area (Å²) in [6, 6.07) is 6.37. The molecule has 0 aliphatic carbocycles. The summed E-state index contributed by atoms with van der Waals surface area (Å²) in [6.45, 7) is 12.2. The Labute approximate surface area is 145 Å². The van der Waals surface area contributed by atoms with Crippen molar-refractivity contribution in [3.8, 4) is 0 Å². The van der Waals surface area contributed by atoms with Gasteiger partial charge < -0.3 is 16.8 Å². The monoisotopic (exact) mass is 329 g/mol. The molecule has 0 aliphatic heterocycles. The molecule has 0 radical (unpaired) electrons. The summed E-state index contributed by atoms with van der Waals surface area (Å²) in [5.74, 6) is 0.155. The molecule has 5 nitrogen and oxygen atoms in total. The van der Waals surface area contributed by atoms with Crippen molar-refractivity contribution in [2.75, 3.05) is 17.6 Å². The van der Waals surface area contributed by atoms with E-state index >= 15 is 0 Å². The highest BCUT2D eigenvalue weighted by Gasteiger charge is 2.32. The van der Waals surface area contributed by atoms with Gasteiger partial charge in [0.1, 0.15) is 0 Å². The highest BCUT2D eigenvalue weighted by Crippen LogP contribution is 2.43. The minimum absolute atomic E-state index is 0.0110. The molecule has 5 N–H and O–H groups in total. The average molecular weight is 329 g/mol. The van der Waals surface area contributed by atoms with Crippen molar-refractivity contribution in [1.82, 2.24) is 9.78 Å². The van der Waals surface area contributed by atoms with Crippen molar-refractivity contribution in [3.63, 3.8) is 0 Å². The van der Waals surface area contributed by atoms with Gasteiger partial charge in [0.05, 0.1) is 22.8 Å². The predicted octanol–water partition coefficient (Wildman–Crippen LogP) is 3.38. The lowest BCUT2D eigenvalue weighted by molar-refractivity contribution is 0.350. The first-order chi connectivity index (χ1) is 11.2. The van der Waals surface area contributed by atoms with Crippen LogP contribution in [0.15, 0.2) is 18.2 Å². The Balaban J connectivity index is 2.59. The number of nitrogens with two attached hydrogens (primary N) is 2. The number of aryl methyl sites for hydroxylation is 1. The lowest BCUT2D eigenvalue weighted by Crippen LogP contribution is -2.22. The third kappa shape index (κ3) is 3.41. The molecule has 0 amide bonds. The van der Waals surface area contributed by atoms with E-state index in [1.54, 1.807) is 0 Å². The lowest BCUT2D eigenvalue weighted by Gasteiger charge is -2.31. The first-order valence-corrected chi connectivity index (χ1v) is 8.56. The number of nitrogen functional groups attached to an aromatic ring is 1. The van der Waals surface area contributed by atoms with Crippen LogP contribution in [-0.2, 0) is 13.6 Å². The molecule has 1 aromatic heterocycles. The fourth-order valence-corrected chi connectivity index (χ4v) is 3.33. The average Bonchev–Trinajstić information content (AvgIpc) is 2.86. The Bertz CT molecular complexity index is 709. The normalized spacial score (nSPS) is 13.1. The van der Waals surface area contributed by atoms with Crippen LogP contribution in [0.3, 0.4) is 0 Å². The summed E-state index contributed by atoms with van der Waals surface area (Å²) >= 11 is 0. The summed E-state index contributed by atoms with van der Waals surface area (Å²) in [5, 5.41) is 8.06. The van der Waals surface area contributed by atoms with Crippen molar-refractivity contribution in [1.29, 1.82) is 0 Å². The van der Waals surface area contributed by atoms with Gasteiger partial charge in [-0.25, -0.2) is 0 Å². The molecule has 1 atom stereocenters. The van der Waals surface area contributed by atoms with E-state index in [9.17, 15) is 0 Å². The number of rotatable bonds is 5.